The average molecular weight is 417 g/mol. The third kappa shape index (κ3) is 5.13. The molecule has 0 aliphatic heterocycles. The second-order valence-corrected chi connectivity index (χ2v) is 7.18. The molecule has 0 aliphatic rings. The second kappa shape index (κ2) is 8.78. The van der Waals surface area contributed by atoms with E-state index in [1.165, 1.54) is 17.0 Å². The van der Waals surface area contributed by atoms with E-state index in [-0.39, 0.29) is 24.8 Å². The molecule has 2 aromatic heterocycles. The Kier molecular flexibility index (Phi) is 6.17. The van der Waals surface area contributed by atoms with Crippen molar-refractivity contribution in [3.63, 3.8) is 0 Å². The predicted octanol–water partition coefficient (Wildman–Crippen LogP) is 2.61. The molecule has 0 atom stereocenters. The van der Waals surface area contributed by atoms with Gasteiger partial charge in [0.05, 0.1) is 17.8 Å². The molecule has 9 nitrogen and oxygen atoms in total. The van der Waals surface area contributed by atoms with Gasteiger partial charge in [-0.25, -0.2) is 14.2 Å². The summed E-state index contributed by atoms with van der Waals surface area (Å²) in [5, 5.41) is 12.3. The van der Waals surface area contributed by atoms with Gasteiger partial charge in [0.2, 0.25) is 5.13 Å². The van der Waals surface area contributed by atoms with E-state index >= 15 is 0 Å². The summed E-state index contributed by atoms with van der Waals surface area (Å²) in [7, 11) is 1.65. The Hall–Kier alpha value is -3.34. The fourth-order valence-corrected chi connectivity index (χ4v) is 3.26. The van der Waals surface area contributed by atoms with Crippen LogP contribution in [0.15, 0.2) is 24.3 Å². The fourth-order valence-electron chi connectivity index (χ4n) is 2.68. The molecular formula is C18H20FN7O2S. The topological polar surface area (TPSA) is 116 Å². The quantitative estimate of drug-likeness (QED) is 0.570. The number of rotatable bonds is 6. The average Bonchev–Trinajstić information content (AvgIpc) is 3.25. The molecule has 29 heavy (non-hydrogen) atoms. The first-order valence-corrected chi connectivity index (χ1v) is 9.49. The number of anilines is 1. The lowest BCUT2D eigenvalue weighted by Crippen LogP contribution is -2.28. The smallest absolute Gasteiger partial charge is 0.321 e. The van der Waals surface area contributed by atoms with E-state index in [1.54, 1.807) is 33.0 Å². The van der Waals surface area contributed by atoms with E-state index in [0.29, 0.717) is 33.5 Å². The van der Waals surface area contributed by atoms with E-state index in [0.717, 1.165) is 11.5 Å². The summed E-state index contributed by atoms with van der Waals surface area (Å²) < 4.78 is 17.3. The Morgan fingerprint density at radius 1 is 1.31 bits per heavy atom. The van der Waals surface area contributed by atoms with Crippen molar-refractivity contribution in [2.45, 2.75) is 26.9 Å². The summed E-state index contributed by atoms with van der Waals surface area (Å²) in [6.45, 7) is 3.91. The first kappa shape index (κ1) is 20.4. The molecule has 3 amide bonds. The molecule has 3 rings (SSSR count). The molecule has 152 valence electrons. The summed E-state index contributed by atoms with van der Waals surface area (Å²) >= 11 is 1.01. The standard InChI is InChI=1S/C18H20FN7O2S/c1-10-15(11(2)24-23-10)16(27)26(3)9-14-21-18(29-25-14)22-17(28)20-8-12-5-4-6-13(19)7-12/h4-7H,8-9H2,1-3H3,(H,23,24)(H2,20,21,22,25,28). The van der Waals surface area contributed by atoms with Gasteiger partial charge in [-0.2, -0.15) is 9.47 Å². The molecular weight excluding hydrogens is 397 g/mol. The first-order valence-electron chi connectivity index (χ1n) is 8.72. The molecule has 0 spiro atoms. The number of urea groups is 1. The highest BCUT2D eigenvalue weighted by atomic mass is 32.1. The lowest BCUT2D eigenvalue weighted by molar-refractivity contribution is 0.0780. The van der Waals surface area contributed by atoms with Crippen LogP contribution >= 0.6 is 11.5 Å². The van der Waals surface area contributed by atoms with Crippen molar-refractivity contribution in [2.24, 2.45) is 0 Å². The van der Waals surface area contributed by atoms with Crippen LogP contribution in [0.3, 0.4) is 0 Å². The van der Waals surface area contributed by atoms with E-state index in [4.69, 9.17) is 0 Å². The Bertz CT molecular complexity index is 1010. The normalized spacial score (nSPS) is 10.6. The molecule has 0 saturated carbocycles. The maximum absolute atomic E-state index is 13.2. The van der Waals surface area contributed by atoms with Crippen LogP contribution in [0.2, 0.25) is 0 Å². The lowest BCUT2D eigenvalue weighted by atomic mass is 10.2. The van der Waals surface area contributed by atoms with Crippen molar-refractivity contribution >= 4 is 28.6 Å². The van der Waals surface area contributed by atoms with Crippen molar-refractivity contribution < 1.29 is 14.0 Å². The highest BCUT2D eigenvalue weighted by Crippen LogP contribution is 2.16. The Labute approximate surface area is 170 Å². The molecule has 1 aromatic carbocycles. The van der Waals surface area contributed by atoms with Crippen LogP contribution in [0.5, 0.6) is 0 Å². The molecule has 2 heterocycles. The van der Waals surface area contributed by atoms with Crippen LogP contribution in [0.4, 0.5) is 14.3 Å². The van der Waals surface area contributed by atoms with Gasteiger partial charge in [0.1, 0.15) is 5.82 Å². The number of nitrogens with zero attached hydrogens (tertiary/aromatic N) is 4. The SMILES string of the molecule is Cc1n[nH]c(C)c1C(=O)N(C)Cc1nsc(NC(=O)NCc2cccc(F)c2)n1. The number of carbonyl (C=O) groups is 2. The molecule has 0 fully saturated rings. The number of hydrogen-bond acceptors (Lipinski definition) is 6. The number of carbonyl (C=O) groups excluding carboxylic acids is 2. The van der Waals surface area contributed by atoms with Crippen LogP contribution in [0.25, 0.3) is 0 Å². The highest BCUT2D eigenvalue weighted by Gasteiger charge is 2.20. The molecule has 0 aliphatic carbocycles. The maximum Gasteiger partial charge on any atom is 0.321 e. The van der Waals surface area contributed by atoms with Crippen molar-refractivity contribution in [1.82, 2.24) is 29.8 Å². The summed E-state index contributed by atoms with van der Waals surface area (Å²) in [6.07, 6.45) is 0. The van der Waals surface area contributed by atoms with Gasteiger partial charge in [-0.3, -0.25) is 15.2 Å². The van der Waals surface area contributed by atoms with Crippen molar-refractivity contribution in [3.05, 3.63) is 58.4 Å². The number of nitrogens with one attached hydrogen (secondary N) is 3. The van der Waals surface area contributed by atoms with Crippen molar-refractivity contribution in [3.8, 4) is 0 Å². The van der Waals surface area contributed by atoms with Crippen LogP contribution in [0, 0.1) is 19.7 Å². The minimum Gasteiger partial charge on any atom is -0.334 e. The van der Waals surface area contributed by atoms with Gasteiger partial charge < -0.3 is 10.2 Å². The molecule has 0 saturated heterocycles. The number of amides is 3. The largest absolute Gasteiger partial charge is 0.334 e. The van der Waals surface area contributed by atoms with Crippen LogP contribution < -0.4 is 10.6 Å². The predicted molar refractivity (Wildman–Crippen MR) is 106 cm³/mol. The van der Waals surface area contributed by atoms with Crippen molar-refractivity contribution in [2.75, 3.05) is 12.4 Å². The van der Waals surface area contributed by atoms with Gasteiger partial charge in [-0.05, 0) is 31.5 Å². The first-order chi connectivity index (χ1) is 13.8. The number of aryl methyl sites for hydroxylation is 2. The van der Waals surface area contributed by atoms with Gasteiger partial charge in [0.25, 0.3) is 5.91 Å². The summed E-state index contributed by atoms with van der Waals surface area (Å²) in [4.78, 5) is 30.3. The summed E-state index contributed by atoms with van der Waals surface area (Å²) in [6, 6.07) is 5.49. The zero-order valence-corrected chi connectivity index (χ0v) is 16.9. The Morgan fingerprint density at radius 3 is 2.79 bits per heavy atom. The zero-order valence-electron chi connectivity index (χ0n) is 16.1. The molecule has 0 radical (unpaired) electrons. The summed E-state index contributed by atoms with van der Waals surface area (Å²) in [5.41, 5.74) is 2.49. The van der Waals surface area contributed by atoms with Crippen LogP contribution in [0.1, 0.15) is 33.1 Å². The second-order valence-electron chi connectivity index (χ2n) is 6.42. The molecule has 11 heteroatoms. The van der Waals surface area contributed by atoms with Gasteiger partial charge in [0, 0.05) is 30.8 Å². The van der Waals surface area contributed by atoms with Gasteiger partial charge >= 0.3 is 6.03 Å². The lowest BCUT2D eigenvalue weighted by Gasteiger charge is -2.15. The zero-order chi connectivity index (χ0) is 21.0. The molecule has 0 unspecified atom stereocenters. The van der Waals surface area contributed by atoms with E-state index < -0.39 is 6.03 Å². The van der Waals surface area contributed by atoms with E-state index in [1.807, 2.05) is 0 Å². The Morgan fingerprint density at radius 2 is 2.10 bits per heavy atom. The third-order valence-corrected chi connectivity index (χ3v) is 4.77. The van der Waals surface area contributed by atoms with Gasteiger partial charge in [-0.1, -0.05) is 12.1 Å². The maximum atomic E-state index is 13.2. The molecule has 0 bridgehead atoms. The monoisotopic (exact) mass is 417 g/mol. The van der Waals surface area contributed by atoms with Gasteiger partial charge in [-0.15, -0.1) is 0 Å². The van der Waals surface area contributed by atoms with Crippen molar-refractivity contribution in [1.29, 1.82) is 0 Å². The number of H-pyrrole nitrogens is 1. The number of halogens is 1. The number of benzene rings is 1. The minimum absolute atomic E-state index is 0.176. The number of hydrogen-bond donors (Lipinski definition) is 3. The molecule has 3 N–H and O–H groups in total. The van der Waals surface area contributed by atoms with Crippen LogP contribution in [-0.4, -0.2) is 43.4 Å². The van der Waals surface area contributed by atoms with Crippen LogP contribution in [-0.2, 0) is 13.1 Å². The third-order valence-electron chi connectivity index (χ3n) is 4.10. The fraction of sp³-hybridized carbons (Fsp3) is 0.278. The Balaban J connectivity index is 1.53. The minimum atomic E-state index is -0.481. The molecule has 3 aromatic rings. The van der Waals surface area contributed by atoms with Gasteiger partial charge in [0.15, 0.2) is 5.82 Å². The summed E-state index contributed by atoms with van der Waals surface area (Å²) in [5.74, 6) is -0.145. The van der Waals surface area contributed by atoms with E-state index in [9.17, 15) is 14.0 Å². The van der Waals surface area contributed by atoms with E-state index in [2.05, 4.69) is 30.2 Å². The number of aromatic amines is 1. The highest BCUT2D eigenvalue weighted by molar-refractivity contribution is 7.09. The number of aromatic nitrogens is 4.